The highest BCUT2D eigenvalue weighted by Crippen LogP contribution is 2.26. The van der Waals surface area contributed by atoms with Crippen molar-refractivity contribution in [1.29, 1.82) is 0 Å². The number of fused-ring (bicyclic) bond motifs is 1. The maximum absolute atomic E-state index is 5.94. The summed E-state index contributed by atoms with van der Waals surface area (Å²) in [5.74, 6) is 0.792. The molecule has 2 aromatic carbocycles. The average Bonchev–Trinajstić information content (AvgIpc) is 2.79. The molecule has 0 radical (unpaired) electrons. The Morgan fingerprint density at radius 1 is 1.21 bits per heavy atom. The molecule has 0 atom stereocenters. The Morgan fingerprint density at radius 2 is 2.05 bits per heavy atom. The van der Waals surface area contributed by atoms with Crippen molar-refractivity contribution in [2.75, 3.05) is 5.73 Å². The Bertz CT molecular complexity index is 724. The molecule has 0 fully saturated rings. The van der Waals surface area contributed by atoms with E-state index < -0.39 is 0 Å². The van der Waals surface area contributed by atoms with E-state index in [2.05, 4.69) is 9.97 Å². The molecule has 0 bridgehead atoms. The van der Waals surface area contributed by atoms with Crippen molar-refractivity contribution in [2.45, 2.75) is 10.9 Å². The van der Waals surface area contributed by atoms with E-state index in [0.717, 1.165) is 33.2 Å². The number of aromatic amines is 1. The molecule has 5 heteroatoms. The number of imidazole rings is 1. The van der Waals surface area contributed by atoms with Crippen molar-refractivity contribution in [3.05, 3.63) is 53.1 Å². The molecule has 19 heavy (non-hydrogen) atoms. The molecular formula is C14H12ClN3S. The van der Waals surface area contributed by atoms with Crippen LogP contribution in [0.2, 0.25) is 5.02 Å². The Labute approximate surface area is 120 Å². The smallest absolute Gasteiger partial charge is 0.166 e. The van der Waals surface area contributed by atoms with E-state index in [-0.39, 0.29) is 0 Å². The van der Waals surface area contributed by atoms with Crippen molar-refractivity contribution < 1.29 is 0 Å². The van der Waals surface area contributed by atoms with Gasteiger partial charge in [-0.1, -0.05) is 41.6 Å². The maximum atomic E-state index is 5.94. The number of aromatic nitrogens is 2. The summed E-state index contributed by atoms with van der Waals surface area (Å²) in [6, 6.07) is 13.5. The lowest BCUT2D eigenvalue weighted by atomic mass is 10.2. The van der Waals surface area contributed by atoms with Crippen molar-refractivity contribution in [2.24, 2.45) is 0 Å². The van der Waals surface area contributed by atoms with E-state index in [1.165, 1.54) is 0 Å². The summed E-state index contributed by atoms with van der Waals surface area (Å²) in [5, 5.41) is 1.57. The molecule has 0 aliphatic heterocycles. The van der Waals surface area contributed by atoms with Crippen LogP contribution in [0.1, 0.15) is 5.56 Å². The van der Waals surface area contributed by atoms with Gasteiger partial charge < -0.3 is 10.7 Å². The third-order valence-electron chi connectivity index (χ3n) is 2.84. The normalized spacial score (nSPS) is 11.0. The number of hydrogen-bond acceptors (Lipinski definition) is 3. The number of H-pyrrole nitrogens is 1. The molecule has 3 rings (SSSR count). The highest BCUT2D eigenvalue weighted by atomic mass is 35.5. The summed E-state index contributed by atoms with van der Waals surface area (Å²) >= 11 is 7.57. The first-order valence-corrected chi connectivity index (χ1v) is 7.20. The molecule has 3 aromatic rings. The number of halogens is 1. The number of nitrogens with zero attached hydrogens (tertiary/aromatic N) is 1. The first kappa shape index (κ1) is 12.4. The summed E-state index contributed by atoms with van der Waals surface area (Å²) in [4.78, 5) is 7.77. The van der Waals surface area contributed by atoms with Gasteiger partial charge in [-0.15, -0.1) is 0 Å². The highest BCUT2D eigenvalue weighted by molar-refractivity contribution is 7.98. The lowest BCUT2D eigenvalue weighted by molar-refractivity contribution is 1.08. The van der Waals surface area contributed by atoms with Gasteiger partial charge in [0.15, 0.2) is 5.16 Å². The molecule has 3 nitrogen and oxygen atoms in total. The Balaban J connectivity index is 1.80. The number of para-hydroxylation sites is 1. The maximum Gasteiger partial charge on any atom is 0.166 e. The SMILES string of the molecule is Nc1ccccc1CSc1nc2cc(Cl)ccc2[nH]1. The molecule has 1 aromatic heterocycles. The van der Waals surface area contributed by atoms with Crippen LogP contribution >= 0.6 is 23.4 Å². The van der Waals surface area contributed by atoms with E-state index >= 15 is 0 Å². The lowest BCUT2D eigenvalue weighted by Gasteiger charge is -2.02. The number of thioether (sulfide) groups is 1. The quantitative estimate of drug-likeness (QED) is 0.564. The van der Waals surface area contributed by atoms with Crippen LogP contribution in [0, 0.1) is 0 Å². The summed E-state index contributed by atoms with van der Waals surface area (Å²) in [6.45, 7) is 0. The van der Waals surface area contributed by atoms with Gasteiger partial charge in [0.1, 0.15) is 0 Å². The van der Waals surface area contributed by atoms with Gasteiger partial charge in [-0.25, -0.2) is 4.98 Å². The number of nitrogens with two attached hydrogens (primary N) is 1. The van der Waals surface area contributed by atoms with Gasteiger partial charge in [0.2, 0.25) is 0 Å². The topological polar surface area (TPSA) is 54.7 Å². The number of nitrogen functional groups attached to an aromatic ring is 1. The van der Waals surface area contributed by atoms with Crippen LogP contribution in [0.5, 0.6) is 0 Å². The molecule has 3 N–H and O–H groups in total. The van der Waals surface area contributed by atoms with Gasteiger partial charge in [0, 0.05) is 16.5 Å². The molecule has 96 valence electrons. The largest absolute Gasteiger partial charge is 0.398 e. The summed E-state index contributed by atoms with van der Waals surface area (Å²) in [7, 11) is 0. The van der Waals surface area contributed by atoms with Gasteiger partial charge >= 0.3 is 0 Å². The first-order valence-electron chi connectivity index (χ1n) is 5.84. The fourth-order valence-corrected chi connectivity index (χ4v) is 2.90. The number of nitrogens with one attached hydrogen (secondary N) is 1. The molecule has 0 saturated heterocycles. The van der Waals surface area contributed by atoms with E-state index in [9.17, 15) is 0 Å². The molecule has 0 amide bonds. The second-order valence-electron chi connectivity index (χ2n) is 4.19. The van der Waals surface area contributed by atoms with Crippen LogP contribution in [-0.4, -0.2) is 9.97 Å². The molecule has 0 saturated carbocycles. The molecule has 0 spiro atoms. The number of anilines is 1. The minimum atomic E-state index is 0.697. The third kappa shape index (κ3) is 2.69. The van der Waals surface area contributed by atoms with Gasteiger partial charge in [-0.05, 0) is 29.8 Å². The number of rotatable bonds is 3. The second-order valence-corrected chi connectivity index (χ2v) is 5.59. The zero-order chi connectivity index (χ0) is 13.2. The van der Waals surface area contributed by atoms with Crippen molar-refractivity contribution in [3.63, 3.8) is 0 Å². The predicted molar refractivity (Wildman–Crippen MR) is 81.5 cm³/mol. The minimum Gasteiger partial charge on any atom is -0.398 e. The lowest BCUT2D eigenvalue weighted by Crippen LogP contribution is -1.91. The highest BCUT2D eigenvalue weighted by Gasteiger charge is 2.05. The second kappa shape index (κ2) is 5.15. The van der Waals surface area contributed by atoms with Crippen LogP contribution in [0.15, 0.2) is 47.6 Å². The van der Waals surface area contributed by atoms with Crippen LogP contribution in [-0.2, 0) is 5.75 Å². The summed E-state index contributed by atoms with van der Waals surface area (Å²) in [5.41, 5.74) is 9.73. The first-order chi connectivity index (χ1) is 9.22. The predicted octanol–water partition coefficient (Wildman–Crippen LogP) is 4.09. The molecular weight excluding hydrogens is 278 g/mol. The summed E-state index contributed by atoms with van der Waals surface area (Å²) in [6.07, 6.45) is 0. The van der Waals surface area contributed by atoms with Crippen molar-refractivity contribution in [1.82, 2.24) is 9.97 Å². The Morgan fingerprint density at radius 3 is 2.89 bits per heavy atom. The van der Waals surface area contributed by atoms with Crippen molar-refractivity contribution in [3.8, 4) is 0 Å². The Hall–Kier alpha value is -1.65. The number of benzene rings is 2. The molecule has 0 aliphatic carbocycles. The summed E-state index contributed by atoms with van der Waals surface area (Å²) < 4.78 is 0. The monoisotopic (exact) mass is 289 g/mol. The zero-order valence-corrected chi connectivity index (χ0v) is 11.6. The van der Waals surface area contributed by atoms with Crippen LogP contribution in [0.4, 0.5) is 5.69 Å². The standard InChI is InChI=1S/C14H12ClN3S/c15-10-5-6-12-13(7-10)18-14(17-12)19-8-9-3-1-2-4-11(9)16/h1-7H,8,16H2,(H,17,18). The van der Waals surface area contributed by atoms with Gasteiger partial charge in [0.25, 0.3) is 0 Å². The van der Waals surface area contributed by atoms with Crippen LogP contribution < -0.4 is 5.73 Å². The Kier molecular flexibility index (Phi) is 3.36. The number of hydrogen-bond donors (Lipinski definition) is 2. The van der Waals surface area contributed by atoms with E-state index in [0.29, 0.717) is 5.02 Å². The molecule has 1 heterocycles. The third-order valence-corrected chi connectivity index (χ3v) is 4.00. The van der Waals surface area contributed by atoms with Crippen LogP contribution in [0.25, 0.3) is 11.0 Å². The minimum absolute atomic E-state index is 0.697. The zero-order valence-electron chi connectivity index (χ0n) is 10.1. The fourth-order valence-electron chi connectivity index (χ4n) is 1.84. The van der Waals surface area contributed by atoms with Gasteiger partial charge in [-0.3, -0.25) is 0 Å². The van der Waals surface area contributed by atoms with Gasteiger partial charge in [0.05, 0.1) is 11.0 Å². The van der Waals surface area contributed by atoms with E-state index in [1.807, 2.05) is 42.5 Å². The molecule has 0 unspecified atom stereocenters. The van der Waals surface area contributed by atoms with Crippen LogP contribution in [0.3, 0.4) is 0 Å². The van der Waals surface area contributed by atoms with Gasteiger partial charge in [-0.2, -0.15) is 0 Å². The average molecular weight is 290 g/mol. The molecule has 0 aliphatic rings. The van der Waals surface area contributed by atoms with E-state index in [4.69, 9.17) is 17.3 Å². The fraction of sp³-hybridized carbons (Fsp3) is 0.0714. The van der Waals surface area contributed by atoms with Crippen molar-refractivity contribution >= 4 is 40.1 Å². The van der Waals surface area contributed by atoms with E-state index in [1.54, 1.807) is 11.8 Å².